The predicted molar refractivity (Wildman–Crippen MR) is 402 cm³/mol. The Morgan fingerprint density at radius 2 is 0.779 bits per heavy atom. The highest BCUT2D eigenvalue weighted by atomic mass is 16.3. The summed E-state index contributed by atoms with van der Waals surface area (Å²) in [6.07, 6.45) is 25.9. The number of nitrogens with zero attached hydrogens (tertiary/aromatic N) is 2. The quantitative estimate of drug-likeness (QED) is 0.110. The van der Waals surface area contributed by atoms with Crippen molar-refractivity contribution in [2.45, 2.75) is 172 Å². The number of fused-ring (bicyclic) bond motifs is 3. The van der Waals surface area contributed by atoms with Crippen molar-refractivity contribution in [3.63, 3.8) is 0 Å². The average Bonchev–Trinajstić information content (AvgIpc) is 0.876. The maximum absolute atomic E-state index is 13.4. The Labute approximate surface area is 561 Å². The summed E-state index contributed by atoms with van der Waals surface area (Å²) < 4.78 is 7.54. The zero-order chi connectivity index (χ0) is 63.5. The maximum atomic E-state index is 13.4. The van der Waals surface area contributed by atoms with E-state index in [0.29, 0.717) is 23.7 Å². The van der Waals surface area contributed by atoms with Crippen molar-refractivity contribution >= 4 is 88.4 Å². The van der Waals surface area contributed by atoms with Crippen LogP contribution in [0.1, 0.15) is 192 Å². The van der Waals surface area contributed by atoms with E-state index < -0.39 is 0 Å². The Kier molecular flexibility index (Phi) is 16.0. The molecule has 1 aromatic heterocycles. The molecule has 0 spiro atoms. The Balaban J connectivity index is 0.937. The Morgan fingerprint density at radius 1 is 0.347 bits per heavy atom. The molecule has 1 N–H and O–H groups in total. The second-order valence-corrected chi connectivity index (χ2v) is 28.8. The van der Waals surface area contributed by atoms with Gasteiger partial charge in [0.2, 0.25) is 0 Å². The first-order valence-corrected chi connectivity index (χ1v) is 36.5. The Hall–Kier alpha value is -9.12. The van der Waals surface area contributed by atoms with E-state index in [1.807, 2.05) is 0 Å². The summed E-state index contributed by atoms with van der Waals surface area (Å²) in [5.41, 5.74) is 23.0. The van der Waals surface area contributed by atoms with Crippen LogP contribution in [0.5, 0.6) is 5.75 Å². The van der Waals surface area contributed by atoms with Crippen LogP contribution in [0.2, 0.25) is 0 Å². The van der Waals surface area contributed by atoms with E-state index in [0.717, 1.165) is 91.9 Å². The summed E-state index contributed by atoms with van der Waals surface area (Å²) in [4.78, 5) is 5.06. The largest absolute Gasteiger partial charge is 0.505 e. The number of phenols is 1. The first-order chi connectivity index (χ1) is 46.9. The van der Waals surface area contributed by atoms with Crippen molar-refractivity contribution in [1.82, 2.24) is 0 Å². The van der Waals surface area contributed by atoms with Crippen molar-refractivity contribution in [1.29, 1.82) is 0 Å². The van der Waals surface area contributed by atoms with E-state index in [4.69, 9.17) is 4.42 Å². The normalized spacial score (nSPS) is 16.4. The van der Waals surface area contributed by atoms with E-state index in [-0.39, 0.29) is 5.75 Å². The number of aryl methyl sites for hydroxylation is 2. The highest BCUT2D eigenvalue weighted by Crippen LogP contribution is 2.56. The second-order valence-electron chi connectivity index (χ2n) is 28.8. The number of hydrogen-bond acceptors (Lipinski definition) is 4. The first kappa shape index (κ1) is 59.6. The molecule has 0 radical (unpaired) electrons. The second kappa shape index (κ2) is 25.6. The fraction of sp³-hybridized carbons (Fsp3) is 0.297. The number of aromatic hydroxyl groups is 1. The Bertz CT molecular complexity index is 4950. The van der Waals surface area contributed by atoms with Crippen LogP contribution in [-0.4, -0.2) is 5.11 Å². The van der Waals surface area contributed by atoms with E-state index in [9.17, 15) is 5.11 Å². The number of furan rings is 1. The lowest BCUT2D eigenvalue weighted by Gasteiger charge is -2.34. The van der Waals surface area contributed by atoms with Crippen LogP contribution in [0, 0.1) is 6.92 Å². The van der Waals surface area contributed by atoms with Gasteiger partial charge in [-0.15, -0.1) is 0 Å². The lowest BCUT2D eigenvalue weighted by molar-refractivity contribution is 0.443. The lowest BCUT2D eigenvalue weighted by Crippen LogP contribution is -2.15. The van der Waals surface area contributed by atoms with Gasteiger partial charge in [-0.05, 0) is 220 Å². The SMILES string of the molecule is CCc1ccccc1-c1cccc2c1oc1c(N(c3ccc(C4CCCCC4)cc3)c3cc(C4CCCCC4)c4ccc5c(N(c6ccc(C7CCCCC7)cc6)c6cccc(-c7cccc(-c8ccccc8C)c7)c6O)cc(C6CCCCC6)c6ccc3c4c65)cccc12. The molecule has 4 saturated carbocycles. The third-order valence-electron chi connectivity index (χ3n) is 23.3. The molecule has 4 aliphatic carbocycles. The number of hydrogen-bond donors (Lipinski definition) is 1. The van der Waals surface area contributed by atoms with Crippen LogP contribution in [0.4, 0.5) is 34.1 Å². The van der Waals surface area contributed by atoms with Gasteiger partial charge in [0.25, 0.3) is 0 Å². The van der Waals surface area contributed by atoms with E-state index >= 15 is 0 Å². The molecular weight excluding hydrogens is 1150 g/mol. The number of para-hydroxylation sites is 3. The summed E-state index contributed by atoms with van der Waals surface area (Å²) in [6, 6.07) is 80.9. The minimum atomic E-state index is 0.282. The zero-order valence-electron chi connectivity index (χ0n) is 55.6. The summed E-state index contributed by atoms with van der Waals surface area (Å²) in [5.74, 6) is 2.24. The molecule has 4 heteroatoms. The monoisotopic (exact) mass is 1240 g/mol. The molecule has 0 saturated heterocycles. The number of benzene rings is 12. The van der Waals surface area contributed by atoms with Crippen LogP contribution in [0.25, 0.3) is 87.6 Å². The van der Waals surface area contributed by atoms with Gasteiger partial charge in [0.1, 0.15) is 11.3 Å². The molecule has 1 heterocycles. The van der Waals surface area contributed by atoms with E-state index in [1.54, 1.807) is 0 Å². The minimum Gasteiger partial charge on any atom is -0.505 e. The maximum Gasteiger partial charge on any atom is 0.159 e. The summed E-state index contributed by atoms with van der Waals surface area (Å²) in [6.45, 7) is 4.44. The molecule has 0 atom stereocenters. The van der Waals surface area contributed by atoms with Crippen molar-refractivity contribution in [2.75, 3.05) is 9.80 Å². The molecule has 474 valence electrons. The fourth-order valence-corrected chi connectivity index (χ4v) is 18.3. The lowest BCUT2D eigenvalue weighted by atomic mass is 9.77. The van der Waals surface area contributed by atoms with Crippen molar-refractivity contribution in [3.05, 3.63) is 246 Å². The molecule has 0 unspecified atom stereocenters. The highest BCUT2D eigenvalue weighted by Gasteiger charge is 2.32. The van der Waals surface area contributed by atoms with Crippen LogP contribution in [-0.2, 0) is 6.42 Å². The molecule has 4 nitrogen and oxygen atoms in total. The smallest absolute Gasteiger partial charge is 0.159 e. The third-order valence-corrected chi connectivity index (χ3v) is 23.3. The third kappa shape index (κ3) is 10.8. The molecule has 12 aromatic carbocycles. The molecule has 0 aliphatic heterocycles. The minimum absolute atomic E-state index is 0.282. The number of anilines is 6. The molecule has 17 rings (SSSR count). The van der Waals surface area contributed by atoms with Gasteiger partial charge in [0, 0.05) is 44.0 Å². The summed E-state index contributed by atoms with van der Waals surface area (Å²) in [7, 11) is 0. The molecule has 0 bridgehead atoms. The molecule has 4 fully saturated rings. The number of phenolic OH excluding ortho intramolecular Hbond substituents is 1. The van der Waals surface area contributed by atoms with Gasteiger partial charge >= 0.3 is 0 Å². The van der Waals surface area contributed by atoms with Crippen molar-refractivity contribution in [2.24, 2.45) is 0 Å². The van der Waals surface area contributed by atoms with Crippen LogP contribution in [0.15, 0.2) is 217 Å². The molecule has 95 heavy (non-hydrogen) atoms. The Morgan fingerprint density at radius 3 is 1.34 bits per heavy atom. The summed E-state index contributed by atoms with van der Waals surface area (Å²) >= 11 is 0. The topological polar surface area (TPSA) is 39.9 Å². The fourth-order valence-electron chi connectivity index (χ4n) is 18.3. The van der Waals surface area contributed by atoms with Crippen molar-refractivity contribution < 1.29 is 9.52 Å². The average molecular weight is 1240 g/mol. The standard InChI is InChI=1S/C91H88N2O2/c1-3-60-25-17-19-37-72(60)76-39-21-40-77-78-41-23-43-84(91(78)95-90(76)77)93(70-50-46-64(47-51-70)62-28-10-5-11-29-62)86-58-82(66-32-14-7-15-33-66)75-52-54-79-85(57-81(65-30-12-6-13-31-65)74-53-55-80(86)88(75)87(74)79)92(69-48-44-63(45-49-69)61-26-8-4-9-27-61)83-42-22-38-73(89(83)94)68-35-20-34-67(56-68)71-36-18-16-24-59(71)2/h16-25,34-58,61-62,65-66,94H,3-15,26-33H2,1-2H3. The van der Waals surface area contributed by atoms with Crippen LogP contribution >= 0.6 is 0 Å². The van der Waals surface area contributed by atoms with Gasteiger partial charge < -0.3 is 19.3 Å². The molecular formula is C91H88N2O2. The van der Waals surface area contributed by atoms with Gasteiger partial charge in [0.15, 0.2) is 5.58 Å². The van der Waals surface area contributed by atoms with Crippen LogP contribution < -0.4 is 9.80 Å². The van der Waals surface area contributed by atoms with Gasteiger partial charge in [0.05, 0.1) is 22.7 Å². The van der Waals surface area contributed by atoms with Gasteiger partial charge in [-0.2, -0.15) is 0 Å². The van der Waals surface area contributed by atoms with Crippen molar-refractivity contribution in [3.8, 4) is 39.1 Å². The zero-order valence-corrected chi connectivity index (χ0v) is 55.6. The molecule has 13 aromatic rings. The van der Waals surface area contributed by atoms with E-state index in [1.165, 1.54) is 198 Å². The molecule has 4 aliphatic rings. The van der Waals surface area contributed by atoms with Gasteiger partial charge in [-0.25, -0.2) is 0 Å². The molecule has 0 amide bonds. The first-order valence-electron chi connectivity index (χ1n) is 36.5. The highest BCUT2D eigenvalue weighted by molar-refractivity contribution is 6.30. The number of rotatable bonds is 14. The predicted octanol–water partition coefficient (Wildman–Crippen LogP) is 27.2. The van der Waals surface area contributed by atoms with E-state index in [2.05, 4.69) is 236 Å². The van der Waals surface area contributed by atoms with Crippen LogP contribution in [0.3, 0.4) is 0 Å². The van der Waals surface area contributed by atoms with Gasteiger partial charge in [-0.3, -0.25) is 0 Å². The van der Waals surface area contributed by atoms with Gasteiger partial charge in [-0.1, -0.05) is 242 Å². The summed E-state index contributed by atoms with van der Waals surface area (Å²) in [5, 5.41) is 23.5.